The number of nitrogens with zero attached hydrogens (tertiary/aromatic N) is 1. The number of nitrogen functional groups attached to an aromatic ring is 1. The molecular formula is C14H19N3. The van der Waals surface area contributed by atoms with Crippen LogP contribution in [0.1, 0.15) is 31.0 Å². The summed E-state index contributed by atoms with van der Waals surface area (Å²) in [5.41, 5.74) is 10.6. The van der Waals surface area contributed by atoms with Crippen LogP contribution in [0.3, 0.4) is 0 Å². The van der Waals surface area contributed by atoms with E-state index in [4.69, 9.17) is 5.73 Å². The van der Waals surface area contributed by atoms with E-state index in [0.717, 1.165) is 24.1 Å². The Hall–Kier alpha value is -1.77. The molecular weight excluding hydrogens is 210 g/mol. The minimum Gasteiger partial charge on any atom is -0.382 e. The highest BCUT2D eigenvalue weighted by atomic mass is 15.2. The Kier molecular flexibility index (Phi) is 3.47. The number of nitrogens with one attached hydrogen (secondary N) is 1. The fourth-order valence-electron chi connectivity index (χ4n) is 2.08. The highest BCUT2D eigenvalue weighted by Crippen LogP contribution is 2.31. The molecule has 3 heteroatoms. The number of hydrogen-bond acceptors (Lipinski definition) is 2. The summed E-state index contributed by atoms with van der Waals surface area (Å²) in [6.45, 7) is 4.29. The van der Waals surface area contributed by atoms with Crippen molar-refractivity contribution in [3.63, 3.8) is 0 Å². The van der Waals surface area contributed by atoms with Crippen LogP contribution in [-0.4, -0.2) is 10.2 Å². The molecule has 0 saturated heterocycles. The van der Waals surface area contributed by atoms with Gasteiger partial charge in [0.05, 0.1) is 0 Å². The summed E-state index contributed by atoms with van der Waals surface area (Å²) in [4.78, 5) is 0. The van der Waals surface area contributed by atoms with Gasteiger partial charge in [-0.05, 0) is 30.9 Å². The minimum absolute atomic E-state index is 0.602. The number of benzene rings is 1. The first-order chi connectivity index (χ1) is 8.24. The van der Waals surface area contributed by atoms with Gasteiger partial charge in [-0.15, -0.1) is 0 Å². The third-order valence-electron chi connectivity index (χ3n) is 3.06. The van der Waals surface area contributed by atoms with Crippen molar-refractivity contribution in [2.24, 2.45) is 0 Å². The first-order valence-corrected chi connectivity index (χ1v) is 6.12. The SMILES string of the molecule is CCCCc1[nH]nc(N)c1-c1ccccc1C. The second-order valence-electron chi connectivity index (χ2n) is 4.38. The zero-order valence-corrected chi connectivity index (χ0v) is 10.5. The Morgan fingerprint density at radius 1 is 1.29 bits per heavy atom. The van der Waals surface area contributed by atoms with E-state index in [1.54, 1.807) is 0 Å². The smallest absolute Gasteiger partial charge is 0.153 e. The van der Waals surface area contributed by atoms with Crippen molar-refractivity contribution in [2.45, 2.75) is 33.1 Å². The van der Waals surface area contributed by atoms with E-state index in [1.165, 1.54) is 17.5 Å². The van der Waals surface area contributed by atoms with Gasteiger partial charge in [-0.25, -0.2) is 0 Å². The molecule has 0 unspecified atom stereocenters. The van der Waals surface area contributed by atoms with Crippen molar-refractivity contribution in [1.29, 1.82) is 0 Å². The number of H-pyrrole nitrogens is 1. The van der Waals surface area contributed by atoms with Gasteiger partial charge in [0.15, 0.2) is 5.82 Å². The number of aromatic amines is 1. The average Bonchev–Trinajstić information content (AvgIpc) is 2.69. The summed E-state index contributed by atoms with van der Waals surface area (Å²) in [6.07, 6.45) is 3.33. The molecule has 2 aromatic rings. The molecule has 0 amide bonds. The lowest BCUT2D eigenvalue weighted by molar-refractivity contribution is 0.773. The van der Waals surface area contributed by atoms with Gasteiger partial charge < -0.3 is 5.73 Å². The number of nitrogens with two attached hydrogens (primary N) is 1. The van der Waals surface area contributed by atoms with Crippen LogP contribution in [-0.2, 0) is 6.42 Å². The van der Waals surface area contributed by atoms with Gasteiger partial charge in [-0.1, -0.05) is 37.6 Å². The Morgan fingerprint density at radius 3 is 2.76 bits per heavy atom. The monoisotopic (exact) mass is 229 g/mol. The standard InChI is InChI=1S/C14H19N3/c1-3-4-9-12-13(14(15)17-16-12)11-8-6-5-7-10(11)2/h5-8H,3-4,9H2,1-2H3,(H3,15,16,17). The first kappa shape index (κ1) is 11.7. The van der Waals surface area contributed by atoms with Gasteiger partial charge in [-0.2, -0.15) is 5.10 Å². The maximum atomic E-state index is 5.97. The molecule has 0 bridgehead atoms. The largest absolute Gasteiger partial charge is 0.382 e. The average molecular weight is 229 g/mol. The van der Waals surface area contributed by atoms with E-state index < -0.39 is 0 Å². The fourth-order valence-corrected chi connectivity index (χ4v) is 2.08. The minimum atomic E-state index is 0.602. The number of aryl methyl sites for hydroxylation is 2. The van der Waals surface area contributed by atoms with Crippen molar-refractivity contribution in [2.75, 3.05) is 5.73 Å². The highest BCUT2D eigenvalue weighted by molar-refractivity contribution is 5.78. The van der Waals surface area contributed by atoms with Gasteiger partial charge >= 0.3 is 0 Å². The summed E-state index contributed by atoms with van der Waals surface area (Å²) in [6, 6.07) is 8.29. The lowest BCUT2D eigenvalue weighted by atomic mass is 9.98. The molecule has 0 saturated carbocycles. The Morgan fingerprint density at radius 2 is 2.06 bits per heavy atom. The van der Waals surface area contributed by atoms with Crippen molar-refractivity contribution < 1.29 is 0 Å². The maximum absolute atomic E-state index is 5.97. The Bertz CT molecular complexity index is 500. The molecule has 1 aromatic carbocycles. The summed E-state index contributed by atoms with van der Waals surface area (Å²) in [5, 5.41) is 7.20. The van der Waals surface area contributed by atoms with Crippen molar-refractivity contribution in [3.05, 3.63) is 35.5 Å². The van der Waals surface area contributed by atoms with Crippen molar-refractivity contribution in [1.82, 2.24) is 10.2 Å². The molecule has 0 spiro atoms. The van der Waals surface area contributed by atoms with Crippen LogP contribution >= 0.6 is 0 Å². The predicted molar refractivity (Wildman–Crippen MR) is 71.8 cm³/mol. The van der Waals surface area contributed by atoms with Crippen LogP contribution in [0, 0.1) is 6.92 Å². The first-order valence-electron chi connectivity index (χ1n) is 6.12. The van der Waals surface area contributed by atoms with Gasteiger partial charge in [0.25, 0.3) is 0 Å². The maximum Gasteiger partial charge on any atom is 0.153 e. The lowest BCUT2D eigenvalue weighted by Crippen LogP contribution is -1.93. The molecule has 0 fully saturated rings. The quantitative estimate of drug-likeness (QED) is 0.845. The molecule has 1 aromatic heterocycles. The predicted octanol–water partition coefficient (Wildman–Crippen LogP) is 3.31. The Labute approximate surface area is 102 Å². The molecule has 0 aliphatic heterocycles. The van der Waals surface area contributed by atoms with Gasteiger partial charge in [0.2, 0.25) is 0 Å². The summed E-state index contributed by atoms with van der Waals surface area (Å²) in [7, 11) is 0. The summed E-state index contributed by atoms with van der Waals surface area (Å²) >= 11 is 0. The van der Waals surface area contributed by atoms with E-state index >= 15 is 0 Å². The number of unbranched alkanes of at least 4 members (excludes halogenated alkanes) is 1. The summed E-state index contributed by atoms with van der Waals surface area (Å²) < 4.78 is 0. The number of aromatic nitrogens is 2. The molecule has 3 nitrogen and oxygen atoms in total. The second-order valence-corrected chi connectivity index (χ2v) is 4.38. The number of rotatable bonds is 4. The summed E-state index contributed by atoms with van der Waals surface area (Å²) in [5.74, 6) is 0.602. The molecule has 17 heavy (non-hydrogen) atoms. The van der Waals surface area contributed by atoms with E-state index in [2.05, 4.69) is 36.2 Å². The molecule has 3 N–H and O–H groups in total. The van der Waals surface area contributed by atoms with Crippen LogP contribution < -0.4 is 5.73 Å². The van der Waals surface area contributed by atoms with E-state index in [1.807, 2.05) is 12.1 Å². The van der Waals surface area contributed by atoms with Gasteiger partial charge in [-0.3, -0.25) is 5.10 Å². The van der Waals surface area contributed by atoms with E-state index in [0.29, 0.717) is 5.82 Å². The molecule has 0 aliphatic carbocycles. The van der Waals surface area contributed by atoms with Crippen molar-refractivity contribution >= 4 is 5.82 Å². The van der Waals surface area contributed by atoms with E-state index in [-0.39, 0.29) is 0 Å². The van der Waals surface area contributed by atoms with Gasteiger partial charge in [0, 0.05) is 11.3 Å². The third kappa shape index (κ3) is 2.33. The third-order valence-corrected chi connectivity index (χ3v) is 3.06. The molecule has 2 rings (SSSR count). The molecule has 0 radical (unpaired) electrons. The molecule has 0 atom stereocenters. The molecule has 0 aliphatic rings. The molecule has 90 valence electrons. The Balaban J connectivity index is 2.44. The van der Waals surface area contributed by atoms with E-state index in [9.17, 15) is 0 Å². The zero-order chi connectivity index (χ0) is 12.3. The number of hydrogen-bond donors (Lipinski definition) is 2. The van der Waals surface area contributed by atoms with Crippen molar-refractivity contribution in [3.8, 4) is 11.1 Å². The highest BCUT2D eigenvalue weighted by Gasteiger charge is 2.13. The fraction of sp³-hybridized carbons (Fsp3) is 0.357. The second kappa shape index (κ2) is 5.04. The van der Waals surface area contributed by atoms with Crippen LogP contribution in [0.5, 0.6) is 0 Å². The topological polar surface area (TPSA) is 54.7 Å². The normalized spacial score (nSPS) is 10.7. The van der Waals surface area contributed by atoms with Crippen LogP contribution in [0.15, 0.2) is 24.3 Å². The molecule has 1 heterocycles. The lowest BCUT2D eigenvalue weighted by Gasteiger charge is -2.07. The van der Waals surface area contributed by atoms with Crippen LogP contribution in [0.4, 0.5) is 5.82 Å². The van der Waals surface area contributed by atoms with Crippen LogP contribution in [0.2, 0.25) is 0 Å². The number of anilines is 1. The van der Waals surface area contributed by atoms with Crippen LogP contribution in [0.25, 0.3) is 11.1 Å². The zero-order valence-electron chi connectivity index (χ0n) is 10.5. The van der Waals surface area contributed by atoms with Gasteiger partial charge in [0.1, 0.15) is 0 Å².